The van der Waals surface area contributed by atoms with Gasteiger partial charge in [-0.2, -0.15) is 0 Å². The third kappa shape index (κ3) is 3.98. The molecule has 0 saturated heterocycles. The second kappa shape index (κ2) is 6.78. The molecule has 0 spiro atoms. The molecule has 0 unspecified atom stereocenters. The molecule has 0 radical (unpaired) electrons. The molecule has 0 bridgehead atoms. The Kier molecular flexibility index (Phi) is 4.81. The first-order chi connectivity index (χ1) is 10.1. The molecular weight excluding hydrogens is 266 g/mol. The number of pyridine rings is 1. The van der Waals surface area contributed by atoms with Crippen LogP contribution in [-0.4, -0.2) is 33.9 Å². The summed E-state index contributed by atoms with van der Waals surface area (Å²) in [6.45, 7) is 6.58. The molecule has 0 atom stereocenters. The van der Waals surface area contributed by atoms with Gasteiger partial charge in [-0.15, -0.1) is 0 Å². The molecule has 2 heterocycles. The highest BCUT2D eigenvalue weighted by molar-refractivity contribution is 5.72. The van der Waals surface area contributed by atoms with Crippen molar-refractivity contribution in [2.45, 2.75) is 20.8 Å². The van der Waals surface area contributed by atoms with Crippen LogP contribution < -0.4 is 10.6 Å². The number of carbonyl (C=O) groups is 1. The average molecular weight is 285 g/mol. The number of nitrogens with one attached hydrogen (secondary N) is 2. The molecule has 0 aliphatic carbocycles. The number of aryl methyl sites for hydroxylation is 1. The Hall–Kier alpha value is -2.50. The maximum absolute atomic E-state index is 10.8. The van der Waals surface area contributed by atoms with Crippen LogP contribution in [0.3, 0.4) is 0 Å². The van der Waals surface area contributed by atoms with Crippen LogP contribution in [0.15, 0.2) is 24.4 Å². The van der Waals surface area contributed by atoms with Gasteiger partial charge in [0.25, 0.3) is 0 Å². The lowest BCUT2D eigenvalue weighted by molar-refractivity contribution is -0.118. The van der Waals surface area contributed by atoms with Gasteiger partial charge in [0, 0.05) is 37.5 Å². The van der Waals surface area contributed by atoms with Crippen LogP contribution in [0.5, 0.6) is 0 Å². The molecule has 2 rings (SSSR count). The van der Waals surface area contributed by atoms with Gasteiger partial charge in [0.05, 0.1) is 0 Å². The third-order valence-corrected chi connectivity index (χ3v) is 3.07. The Morgan fingerprint density at radius 2 is 2.00 bits per heavy atom. The predicted molar refractivity (Wildman–Crippen MR) is 81.9 cm³/mol. The van der Waals surface area contributed by atoms with Crippen molar-refractivity contribution in [3.05, 3.63) is 35.7 Å². The minimum Gasteiger partial charge on any atom is -0.368 e. The molecular formula is C15H19N5O. The van der Waals surface area contributed by atoms with Crippen LogP contribution in [0.1, 0.15) is 18.2 Å². The van der Waals surface area contributed by atoms with Crippen molar-refractivity contribution in [1.82, 2.24) is 20.3 Å². The first kappa shape index (κ1) is 14.9. The molecule has 21 heavy (non-hydrogen) atoms. The summed E-state index contributed by atoms with van der Waals surface area (Å²) in [6.07, 6.45) is 1.72. The van der Waals surface area contributed by atoms with Crippen LogP contribution in [0.25, 0.3) is 11.5 Å². The maximum Gasteiger partial charge on any atom is 0.216 e. The molecule has 0 fully saturated rings. The minimum absolute atomic E-state index is 0.0402. The van der Waals surface area contributed by atoms with Gasteiger partial charge in [0.1, 0.15) is 11.5 Å². The largest absolute Gasteiger partial charge is 0.368 e. The number of anilines is 1. The van der Waals surface area contributed by atoms with Crippen LogP contribution in [0.2, 0.25) is 0 Å². The number of hydrogen-bond acceptors (Lipinski definition) is 5. The lowest BCUT2D eigenvalue weighted by Crippen LogP contribution is -2.26. The van der Waals surface area contributed by atoms with Crippen molar-refractivity contribution in [1.29, 1.82) is 0 Å². The summed E-state index contributed by atoms with van der Waals surface area (Å²) in [7, 11) is 0. The Bertz CT molecular complexity index is 627. The highest BCUT2D eigenvalue weighted by atomic mass is 16.1. The summed E-state index contributed by atoms with van der Waals surface area (Å²) in [5.41, 5.74) is 2.65. The summed E-state index contributed by atoms with van der Waals surface area (Å²) in [5.74, 6) is 1.33. The summed E-state index contributed by atoms with van der Waals surface area (Å²) in [6, 6.07) is 5.65. The molecule has 6 heteroatoms. The standard InChI is InChI=1S/C15H19N5O/c1-10-11(2)19-15(13-6-4-5-7-17-13)20-14(10)18-9-8-16-12(3)21/h4-7H,8-9H2,1-3H3,(H,16,21)(H,18,19,20). The molecule has 6 nitrogen and oxygen atoms in total. The summed E-state index contributed by atoms with van der Waals surface area (Å²) in [4.78, 5) is 24.1. The zero-order valence-corrected chi connectivity index (χ0v) is 12.5. The Balaban J connectivity index is 2.17. The molecule has 1 amide bonds. The maximum atomic E-state index is 10.8. The first-order valence-corrected chi connectivity index (χ1v) is 6.83. The Morgan fingerprint density at radius 1 is 1.19 bits per heavy atom. The third-order valence-electron chi connectivity index (χ3n) is 3.07. The molecule has 2 aromatic heterocycles. The number of amides is 1. The van der Waals surface area contributed by atoms with E-state index >= 15 is 0 Å². The zero-order chi connectivity index (χ0) is 15.2. The number of hydrogen-bond donors (Lipinski definition) is 2. The SMILES string of the molecule is CC(=O)NCCNc1nc(-c2ccccn2)nc(C)c1C. The van der Waals surface area contributed by atoms with Crippen molar-refractivity contribution >= 4 is 11.7 Å². The van der Waals surface area contributed by atoms with E-state index in [1.54, 1.807) is 6.20 Å². The fourth-order valence-corrected chi connectivity index (χ4v) is 1.83. The van der Waals surface area contributed by atoms with Gasteiger partial charge in [-0.3, -0.25) is 9.78 Å². The van der Waals surface area contributed by atoms with Crippen molar-refractivity contribution < 1.29 is 4.79 Å². The summed E-state index contributed by atoms with van der Waals surface area (Å²) >= 11 is 0. The van der Waals surface area contributed by atoms with E-state index in [0.29, 0.717) is 18.9 Å². The van der Waals surface area contributed by atoms with Crippen LogP contribution in [0.4, 0.5) is 5.82 Å². The van der Waals surface area contributed by atoms with E-state index < -0.39 is 0 Å². The van der Waals surface area contributed by atoms with Gasteiger partial charge < -0.3 is 10.6 Å². The van der Waals surface area contributed by atoms with Crippen molar-refractivity contribution in [2.24, 2.45) is 0 Å². The van der Waals surface area contributed by atoms with E-state index in [-0.39, 0.29) is 5.91 Å². The summed E-state index contributed by atoms with van der Waals surface area (Å²) < 4.78 is 0. The fourth-order valence-electron chi connectivity index (χ4n) is 1.83. The van der Waals surface area contributed by atoms with E-state index in [1.807, 2.05) is 32.0 Å². The average Bonchev–Trinajstić information content (AvgIpc) is 2.48. The van der Waals surface area contributed by atoms with Crippen LogP contribution in [0, 0.1) is 13.8 Å². The number of nitrogens with zero attached hydrogens (tertiary/aromatic N) is 3. The molecule has 110 valence electrons. The van der Waals surface area contributed by atoms with Gasteiger partial charge in [-0.05, 0) is 26.0 Å². The van der Waals surface area contributed by atoms with E-state index in [4.69, 9.17) is 0 Å². The second-order valence-corrected chi connectivity index (χ2v) is 4.73. The van der Waals surface area contributed by atoms with Crippen molar-refractivity contribution in [2.75, 3.05) is 18.4 Å². The lowest BCUT2D eigenvalue weighted by atomic mass is 10.2. The molecule has 0 aliphatic heterocycles. The lowest BCUT2D eigenvalue weighted by Gasteiger charge is -2.12. The van der Waals surface area contributed by atoms with Crippen LogP contribution in [-0.2, 0) is 4.79 Å². The van der Waals surface area contributed by atoms with Gasteiger partial charge in [0.15, 0.2) is 5.82 Å². The number of rotatable bonds is 5. The second-order valence-electron chi connectivity index (χ2n) is 4.73. The topological polar surface area (TPSA) is 79.8 Å². The highest BCUT2D eigenvalue weighted by Crippen LogP contribution is 2.19. The van der Waals surface area contributed by atoms with Crippen molar-refractivity contribution in [3.8, 4) is 11.5 Å². The Morgan fingerprint density at radius 3 is 2.67 bits per heavy atom. The van der Waals surface area contributed by atoms with E-state index in [1.165, 1.54) is 6.92 Å². The van der Waals surface area contributed by atoms with Gasteiger partial charge in [0.2, 0.25) is 5.91 Å². The highest BCUT2D eigenvalue weighted by Gasteiger charge is 2.10. The zero-order valence-electron chi connectivity index (χ0n) is 12.5. The summed E-state index contributed by atoms with van der Waals surface area (Å²) in [5, 5.41) is 5.96. The number of aromatic nitrogens is 3. The van der Waals surface area contributed by atoms with Gasteiger partial charge >= 0.3 is 0 Å². The van der Waals surface area contributed by atoms with E-state index in [9.17, 15) is 4.79 Å². The molecule has 0 aromatic carbocycles. The predicted octanol–water partition coefficient (Wildman–Crippen LogP) is 1.70. The van der Waals surface area contributed by atoms with Crippen LogP contribution >= 0.6 is 0 Å². The normalized spacial score (nSPS) is 10.2. The smallest absolute Gasteiger partial charge is 0.216 e. The van der Waals surface area contributed by atoms with E-state index in [0.717, 1.165) is 22.8 Å². The quantitative estimate of drug-likeness (QED) is 0.817. The van der Waals surface area contributed by atoms with E-state index in [2.05, 4.69) is 25.6 Å². The monoisotopic (exact) mass is 285 g/mol. The van der Waals surface area contributed by atoms with Gasteiger partial charge in [-0.25, -0.2) is 9.97 Å². The molecule has 2 aromatic rings. The fraction of sp³-hybridized carbons (Fsp3) is 0.333. The van der Waals surface area contributed by atoms with Gasteiger partial charge in [-0.1, -0.05) is 6.07 Å². The molecule has 0 saturated carbocycles. The molecule has 2 N–H and O–H groups in total. The number of carbonyl (C=O) groups excluding carboxylic acids is 1. The first-order valence-electron chi connectivity index (χ1n) is 6.83. The Labute approximate surface area is 124 Å². The molecule has 0 aliphatic rings. The van der Waals surface area contributed by atoms with Crippen molar-refractivity contribution in [3.63, 3.8) is 0 Å². The minimum atomic E-state index is -0.0402.